The molecule has 1 N–H and O–H groups in total. The highest BCUT2D eigenvalue weighted by Gasteiger charge is 2.23. The first kappa shape index (κ1) is 23.5. The molecule has 3 rings (SSSR count). The van der Waals surface area contributed by atoms with Gasteiger partial charge in [-0.1, -0.05) is 35.9 Å². The number of para-hydroxylation sites is 1. The van der Waals surface area contributed by atoms with Crippen LogP contribution in [0, 0.1) is 20.8 Å². The Bertz CT molecular complexity index is 1220. The highest BCUT2D eigenvalue weighted by Crippen LogP contribution is 2.26. The monoisotopic (exact) mass is 452 g/mol. The number of anilines is 1. The number of benzene rings is 3. The lowest BCUT2D eigenvalue weighted by Gasteiger charge is -2.19. The number of sulfonamides is 1. The summed E-state index contributed by atoms with van der Waals surface area (Å²) < 4.78 is 32.6. The van der Waals surface area contributed by atoms with Crippen LogP contribution in [0.1, 0.15) is 32.6 Å². The van der Waals surface area contributed by atoms with E-state index in [0.717, 1.165) is 22.4 Å². The van der Waals surface area contributed by atoms with Gasteiger partial charge in [-0.25, -0.2) is 8.42 Å². The Morgan fingerprint density at radius 3 is 2.19 bits per heavy atom. The number of hydrogen-bond donors (Lipinski definition) is 1. The second-order valence-electron chi connectivity index (χ2n) is 7.82. The summed E-state index contributed by atoms with van der Waals surface area (Å²) in [7, 11) is -0.665. The van der Waals surface area contributed by atoms with Crippen molar-refractivity contribution in [2.45, 2.75) is 32.2 Å². The van der Waals surface area contributed by atoms with Crippen LogP contribution in [-0.2, 0) is 16.6 Å². The van der Waals surface area contributed by atoms with E-state index < -0.39 is 10.0 Å². The molecule has 0 spiro atoms. The van der Waals surface area contributed by atoms with Crippen molar-refractivity contribution in [3.05, 3.63) is 88.5 Å². The summed E-state index contributed by atoms with van der Waals surface area (Å²) in [6, 6.07) is 17.5. The molecule has 3 aromatic rings. The molecule has 0 aliphatic carbocycles. The average molecular weight is 453 g/mol. The molecule has 0 bridgehead atoms. The van der Waals surface area contributed by atoms with E-state index in [1.807, 2.05) is 39.0 Å². The number of hydrogen-bond acceptors (Lipinski definition) is 4. The molecule has 0 heterocycles. The maximum atomic E-state index is 13.0. The molecule has 0 radical (unpaired) electrons. The minimum Gasteiger partial charge on any atom is -0.496 e. The predicted molar refractivity (Wildman–Crippen MR) is 127 cm³/mol. The average Bonchev–Trinajstić information content (AvgIpc) is 2.76. The largest absolute Gasteiger partial charge is 0.496 e. The van der Waals surface area contributed by atoms with Gasteiger partial charge < -0.3 is 10.1 Å². The molecule has 0 saturated heterocycles. The van der Waals surface area contributed by atoms with Crippen LogP contribution in [0.2, 0.25) is 0 Å². The Morgan fingerprint density at radius 1 is 0.969 bits per heavy atom. The first-order valence-corrected chi connectivity index (χ1v) is 11.6. The molecular formula is C25H28N2O4S. The topological polar surface area (TPSA) is 75.7 Å². The molecule has 1 amide bonds. The molecule has 0 saturated carbocycles. The predicted octanol–water partition coefficient (Wildman–Crippen LogP) is 4.69. The fraction of sp³-hybridized carbons (Fsp3) is 0.240. The summed E-state index contributed by atoms with van der Waals surface area (Å²) in [5, 5.41) is 2.96. The third kappa shape index (κ3) is 5.00. The van der Waals surface area contributed by atoms with Crippen LogP contribution >= 0.6 is 0 Å². The number of aryl methyl sites for hydroxylation is 3. The Balaban J connectivity index is 1.87. The molecule has 0 aliphatic rings. The van der Waals surface area contributed by atoms with Gasteiger partial charge in [-0.05, 0) is 62.2 Å². The van der Waals surface area contributed by atoms with Gasteiger partial charge in [-0.15, -0.1) is 0 Å². The van der Waals surface area contributed by atoms with E-state index in [0.29, 0.717) is 16.9 Å². The number of carbonyl (C=O) groups excluding carboxylic acids is 1. The van der Waals surface area contributed by atoms with Crippen molar-refractivity contribution < 1.29 is 17.9 Å². The van der Waals surface area contributed by atoms with Crippen molar-refractivity contribution in [3.63, 3.8) is 0 Å². The van der Waals surface area contributed by atoms with Crippen LogP contribution < -0.4 is 10.1 Å². The van der Waals surface area contributed by atoms with E-state index >= 15 is 0 Å². The summed E-state index contributed by atoms with van der Waals surface area (Å²) in [5.74, 6) is 0.245. The number of nitrogens with one attached hydrogen (secondary N) is 1. The smallest absolute Gasteiger partial charge is 0.255 e. The van der Waals surface area contributed by atoms with Gasteiger partial charge in [0, 0.05) is 30.4 Å². The van der Waals surface area contributed by atoms with E-state index in [2.05, 4.69) is 5.32 Å². The van der Waals surface area contributed by atoms with Crippen molar-refractivity contribution in [2.75, 3.05) is 19.5 Å². The highest BCUT2D eigenvalue weighted by molar-refractivity contribution is 7.89. The van der Waals surface area contributed by atoms with Crippen LogP contribution in [0.5, 0.6) is 5.75 Å². The third-order valence-corrected chi connectivity index (χ3v) is 7.20. The van der Waals surface area contributed by atoms with Gasteiger partial charge in [-0.3, -0.25) is 4.79 Å². The van der Waals surface area contributed by atoms with Crippen molar-refractivity contribution >= 4 is 21.6 Å². The van der Waals surface area contributed by atoms with Gasteiger partial charge in [0.25, 0.3) is 5.91 Å². The quantitative estimate of drug-likeness (QED) is 0.564. The summed E-state index contributed by atoms with van der Waals surface area (Å²) in [6.45, 7) is 5.84. The number of ether oxygens (including phenoxy) is 1. The molecule has 168 valence electrons. The van der Waals surface area contributed by atoms with Gasteiger partial charge in [-0.2, -0.15) is 4.31 Å². The lowest BCUT2D eigenvalue weighted by Crippen LogP contribution is -2.27. The number of nitrogens with zero attached hydrogens (tertiary/aromatic N) is 1. The zero-order valence-corrected chi connectivity index (χ0v) is 19.8. The molecule has 0 unspecified atom stereocenters. The molecule has 3 aromatic carbocycles. The fourth-order valence-corrected chi connectivity index (χ4v) is 4.60. The Kier molecular flexibility index (Phi) is 7.01. The Morgan fingerprint density at radius 2 is 1.59 bits per heavy atom. The van der Waals surface area contributed by atoms with Gasteiger partial charge in [0.15, 0.2) is 0 Å². The SMILES string of the molecule is COc1ccc(C(=O)Nc2c(C)cccc2C)cc1CN(C)S(=O)(=O)c1ccc(C)cc1. The summed E-state index contributed by atoms with van der Waals surface area (Å²) in [5.41, 5.74) is 4.71. The lowest BCUT2D eigenvalue weighted by atomic mass is 10.1. The van der Waals surface area contributed by atoms with Crippen LogP contribution in [0.4, 0.5) is 5.69 Å². The second kappa shape index (κ2) is 9.54. The summed E-state index contributed by atoms with van der Waals surface area (Å²) in [6.07, 6.45) is 0. The zero-order valence-electron chi connectivity index (χ0n) is 19.0. The van der Waals surface area contributed by atoms with Crippen LogP contribution in [-0.4, -0.2) is 32.8 Å². The lowest BCUT2D eigenvalue weighted by molar-refractivity contribution is 0.102. The second-order valence-corrected chi connectivity index (χ2v) is 9.87. The minimum atomic E-state index is -3.69. The summed E-state index contributed by atoms with van der Waals surface area (Å²) >= 11 is 0. The number of amides is 1. The van der Waals surface area contributed by atoms with E-state index in [1.165, 1.54) is 18.5 Å². The first-order valence-electron chi connectivity index (χ1n) is 10.2. The molecule has 7 heteroatoms. The van der Waals surface area contributed by atoms with Crippen LogP contribution in [0.15, 0.2) is 65.6 Å². The Hall–Kier alpha value is -3.16. The van der Waals surface area contributed by atoms with Gasteiger partial charge in [0.05, 0.1) is 12.0 Å². The molecular weight excluding hydrogens is 424 g/mol. The van der Waals surface area contributed by atoms with Crippen molar-refractivity contribution in [2.24, 2.45) is 0 Å². The first-order chi connectivity index (χ1) is 15.1. The molecule has 0 fully saturated rings. The number of methoxy groups -OCH3 is 1. The van der Waals surface area contributed by atoms with Crippen molar-refractivity contribution in [3.8, 4) is 5.75 Å². The van der Waals surface area contributed by atoms with E-state index in [4.69, 9.17) is 4.74 Å². The maximum Gasteiger partial charge on any atom is 0.255 e. The van der Waals surface area contributed by atoms with Crippen molar-refractivity contribution in [1.29, 1.82) is 0 Å². The van der Waals surface area contributed by atoms with E-state index in [1.54, 1.807) is 42.5 Å². The molecule has 32 heavy (non-hydrogen) atoms. The van der Waals surface area contributed by atoms with Gasteiger partial charge >= 0.3 is 0 Å². The van der Waals surface area contributed by atoms with E-state index in [9.17, 15) is 13.2 Å². The molecule has 6 nitrogen and oxygen atoms in total. The third-order valence-electron chi connectivity index (χ3n) is 5.38. The highest BCUT2D eigenvalue weighted by atomic mass is 32.2. The normalized spacial score (nSPS) is 11.4. The van der Waals surface area contributed by atoms with Crippen LogP contribution in [0.3, 0.4) is 0 Å². The maximum absolute atomic E-state index is 13.0. The van der Waals surface area contributed by atoms with Gasteiger partial charge in [0.1, 0.15) is 5.75 Å². The minimum absolute atomic E-state index is 0.0594. The van der Waals surface area contributed by atoms with E-state index in [-0.39, 0.29) is 17.3 Å². The zero-order chi connectivity index (χ0) is 23.5. The standard InChI is InChI=1S/C25H28N2O4S/c1-17-9-12-22(13-10-17)32(29,30)27(4)16-21-15-20(11-14-23(21)31-5)25(28)26-24-18(2)7-6-8-19(24)3/h6-15H,16H2,1-5H3,(H,26,28). The van der Waals surface area contributed by atoms with Crippen LogP contribution in [0.25, 0.3) is 0 Å². The molecule has 0 aliphatic heterocycles. The van der Waals surface area contributed by atoms with Gasteiger partial charge in [0.2, 0.25) is 10.0 Å². The van der Waals surface area contributed by atoms with Crippen molar-refractivity contribution in [1.82, 2.24) is 4.31 Å². The Labute approximate surface area is 189 Å². The number of carbonyl (C=O) groups is 1. The molecule has 0 atom stereocenters. The fourth-order valence-electron chi connectivity index (χ4n) is 3.46. The summed E-state index contributed by atoms with van der Waals surface area (Å²) in [4.78, 5) is 13.1. The molecule has 0 aromatic heterocycles. The number of rotatable bonds is 7.